The van der Waals surface area contributed by atoms with E-state index < -0.39 is 0 Å². The van der Waals surface area contributed by atoms with Crippen LogP contribution in [0.4, 0.5) is 0 Å². The zero-order valence-electron chi connectivity index (χ0n) is 18.6. The Morgan fingerprint density at radius 1 is 1.09 bits per heavy atom. The van der Waals surface area contributed by atoms with E-state index >= 15 is 0 Å². The molecule has 1 aromatic carbocycles. The zero-order valence-corrected chi connectivity index (χ0v) is 18.6. The van der Waals surface area contributed by atoms with Crippen molar-refractivity contribution in [3.63, 3.8) is 0 Å². The molecule has 0 saturated carbocycles. The number of benzene rings is 1. The van der Waals surface area contributed by atoms with Crippen molar-refractivity contribution in [3.8, 4) is 22.7 Å². The van der Waals surface area contributed by atoms with Gasteiger partial charge in [-0.15, -0.1) is 10.2 Å². The molecule has 1 aliphatic heterocycles. The van der Waals surface area contributed by atoms with Crippen molar-refractivity contribution in [2.75, 3.05) is 26.3 Å². The average Bonchev–Trinajstić information content (AvgIpc) is 3.57. The van der Waals surface area contributed by atoms with Gasteiger partial charge in [-0.1, -0.05) is 13.8 Å². The molecule has 0 unspecified atom stereocenters. The number of fused-ring (bicyclic) bond motifs is 2. The third-order valence-corrected chi connectivity index (χ3v) is 6.22. The number of nitrogens with zero attached hydrogens (tertiary/aromatic N) is 5. The van der Waals surface area contributed by atoms with E-state index in [1.54, 1.807) is 0 Å². The Morgan fingerprint density at radius 3 is 2.82 bits per heavy atom. The molecule has 0 spiro atoms. The first kappa shape index (κ1) is 20.1. The molecule has 0 radical (unpaired) electrons. The minimum Gasteiger partial charge on any atom is -0.419 e. The molecule has 9 nitrogen and oxygen atoms in total. The minimum atomic E-state index is 0.304. The lowest BCUT2D eigenvalue weighted by Gasteiger charge is -2.24. The molecular weight excluding hydrogens is 418 g/mol. The Hall–Kier alpha value is -3.56. The highest BCUT2D eigenvalue weighted by Gasteiger charge is 2.20. The molecule has 2 N–H and O–H groups in total. The predicted octanol–water partition coefficient (Wildman–Crippen LogP) is 4.11. The molecule has 5 heterocycles. The second-order valence-corrected chi connectivity index (χ2v) is 8.71. The van der Waals surface area contributed by atoms with Crippen molar-refractivity contribution >= 4 is 21.9 Å². The summed E-state index contributed by atoms with van der Waals surface area (Å²) >= 11 is 0. The quantitative estimate of drug-likeness (QED) is 0.421. The molecule has 4 aromatic heterocycles. The standard InChI is InChI=1S/C24H25N7O2/c1-14(2)21-17-11-15(24-30-28-20(33-24)13-31-7-9-32-10-8-31)3-4-19(17)27-22(21)16-5-6-25-23-18(16)12-26-29-23/h3-6,11-12,14,27H,7-10,13H2,1-2H3,(H,25,26,29). The third kappa shape index (κ3) is 3.59. The summed E-state index contributed by atoms with van der Waals surface area (Å²) in [7, 11) is 0. The lowest BCUT2D eigenvalue weighted by Crippen LogP contribution is -2.35. The highest BCUT2D eigenvalue weighted by molar-refractivity contribution is 5.99. The van der Waals surface area contributed by atoms with E-state index in [2.05, 4.69) is 61.2 Å². The number of hydrogen-bond acceptors (Lipinski definition) is 7. The van der Waals surface area contributed by atoms with Gasteiger partial charge >= 0.3 is 0 Å². The van der Waals surface area contributed by atoms with Crippen molar-refractivity contribution in [2.24, 2.45) is 0 Å². The van der Waals surface area contributed by atoms with Crippen molar-refractivity contribution in [3.05, 3.63) is 48.1 Å². The molecular formula is C24H25N7O2. The summed E-state index contributed by atoms with van der Waals surface area (Å²) in [5.41, 5.74) is 6.18. The fourth-order valence-corrected chi connectivity index (χ4v) is 4.61. The summed E-state index contributed by atoms with van der Waals surface area (Å²) in [4.78, 5) is 10.3. The van der Waals surface area contributed by atoms with Crippen LogP contribution in [0.25, 0.3) is 44.6 Å². The predicted molar refractivity (Wildman–Crippen MR) is 125 cm³/mol. The van der Waals surface area contributed by atoms with Crippen LogP contribution in [-0.2, 0) is 11.3 Å². The van der Waals surface area contributed by atoms with E-state index in [4.69, 9.17) is 9.15 Å². The summed E-state index contributed by atoms with van der Waals surface area (Å²) in [6.07, 6.45) is 3.64. The van der Waals surface area contributed by atoms with E-state index in [1.165, 1.54) is 5.56 Å². The number of aromatic nitrogens is 6. The highest BCUT2D eigenvalue weighted by Crippen LogP contribution is 2.39. The van der Waals surface area contributed by atoms with Crippen molar-refractivity contribution in [2.45, 2.75) is 26.3 Å². The first-order valence-electron chi connectivity index (χ1n) is 11.2. The maximum absolute atomic E-state index is 6.02. The lowest BCUT2D eigenvalue weighted by molar-refractivity contribution is 0.0306. The van der Waals surface area contributed by atoms with Crippen LogP contribution < -0.4 is 0 Å². The van der Waals surface area contributed by atoms with Gasteiger partial charge in [0, 0.05) is 46.7 Å². The van der Waals surface area contributed by atoms with Gasteiger partial charge in [0.05, 0.1) is 31.6 Å². The van der Waals surface area contributed by atoms with E-state index in [9.17, 15) is 0 Å². The number of pyridine rings is 1. The van der Waals surface area contributed by atoms with Gasteiger partial charge in [-0.3, -0.25) is 10.00 Å². The van der Waals surface area contributed by atoms with Crippen LogP contribution in [0.5, 0.6) is 0 Å². The summed E-state index contributed by atoms with van der Waals surface area (Å²) < 4.78 is 11.4. The minimum absolute atomic E-state index is 0.304. The molecule has 1 saturated heterocycles. The largest absolute Gasteiger partial charge is 0.419 e. The Bertz CT molecular complexity index is 1430. The number of H-pyrrole nitrogens is 2. The van der Waals surface area contributed by atoms with Gasteiger partial charge in [-0.2, -0.15) is 5.10 Å². The number of aromatic amines is 2. The number of hydrogen-bond donors (Lipinski definition) is 2. The van der Waals surface area contributed by atoms with E-state index in [1.807, 2.05) is 24.5 Å². The van der Waals surface area contributed by atoms with Crippen molar-refractivity contribution < 1.29 is 9.15 Å². The highest BCUT2D eigenvalue weighted by atomic mass is 16.5. The monoisotopic (exact) mass is 443 g/mol. The second-order valence-electron chi connectivity index (χ2n) is 8.71. The Labute approximate surface area is 190 Å². The lowest BCUT2D eigenvalue weighted by atomic mass is 9.95. The van der Waals surface area contributed by atoms with Gasteiger partial charge in [0.15, 0.2) is 5.65 Å². The maximum atomic E-state index is 6.02. The van der Waals surface area contributed by atoms with Crippen LogP contribution >= 0.6 is 0 Å². The molecule has 0 aliphatic carbocycles. The molecule has 5 aromatic rings. The Balaban J connectivity index is 1.40. The number of morpholine rings is 1. The molecule has 9 heteroatoms. The molecule has 33 heavy (non-hydrogen) atoms. The first-order chi connectivity index (χ1) is 16.2. The molecule has 1 fully saturated rings. The van der Waals surface area contributed by atoms with Crippen LogP contribution in [0.3, 0.4) is 0 Å². The summed E-state index contributed by atoms with van der Waals surface area (Å²) in [6, 6.07) is 8.29. The van der Waals surface area contributed by atoms with Crippen molar-refractivity contribution in [1.29, 1.82) is 0 Å². The molecule has 168 valence electrons. The van der Waals surface area contributed by atoms with Gasteiger partial charge in [-0.25, -0.2) is 4.98 Å². The number of rotatable bonds is 5. The van der Waals surface area contributed by atoms with Crippen LogP contribution in [0, 0.1) is 0 Å². The van der Waals surface area contributed by atoms with Gasteiger partial charge < -0.3 is 14.1 Å². The average molecular weight is 444 g/mol. The number of nitrogens with one attached hydrogen (secondary N) is 2. The molecule has 0 amide bonds. The third-order valence-electron chi connectivity index (χ3n) is 6.22. The van der Waals surface area contributed by atoms with Gasteiger partial charge in [0.25, 0.3) is 0 Å². The SMILES string of the molecule is CC(C)c1c(-c2ccnc3[nH]ncc23)[nH]c2ccc(-c3nnc(CN4CCOCC4)o3)cc12. The first-order valence-corrected chi connectivity index (χ1v) is 11.2. The normalized spacial score (nSPS) is 15.2. The van der Waals surface area contributed by atoms with Gasteiger partial charge in [-0.05, 0) is 35.7 Å². The van der Waals surface area contributed by atoms with E-state index in [-0.39, 0.29) is 0 Å². The smallest absolute Gasteiger partial charge is 0.247 e. The van der Waals surface area contributed by atoms with E-state index in [0.717, 1.165) is 65.1 Å². The topological polar surface area (TPSA) is 109 Å². The van der Waals surface area contributed by atoms with Crippen LogP contribution in [-0.4, -0.2) is 61.6 Å². The van der Waals surface area contributed by atoms with Gasteiger partial charge in [0.1, 0.15) is 0 Å². The maximum Gasteiger partial charge on any atom is 0.247 e. The molecule has 1 aliphatic rings. The fraction of sp³-hybridized carbons (Fsp3) is 0.333. The molecule has 0 atom stereocenters. The molecule has 0 bridgehead atoms. The van der Waals surface area contributed by atoms with Crippen LogP contribution in [0.1, 0.15) is 31.2 Å². The summed E-state index contributed by atoms with van der Waals surface area (Å²) in [5, 5.41) is 17.9. The zero-order chi connectivity index (χ0) is 22.4. The Morgan fingerprint density at radius 2 is 1.97 bits per heavy atom. The van der Waals surface area contributed by atoms with E-state index in [0.29, 0.717) is 24.2 Å². The number of ether oxygens (including phenoxy) is 1. The Kier molecular flexibility index (Phi) is 4.92. The fourth-order valence-electron chi connectivity index (χ4n) is 4.61. The summed E-state index contributed by atoms with van der Waals surface area (Å²) in [6.45, 7) is 8.31. The van der Waals surface area contributed by atoms with Crippen molar-refractivity contribution in [1.82, 2.24) is 35.3 Å². The second kappa shape index (κ2) is 8.09. The van der Waals surface area contributed by atoms with Crippen LogP contribution in [0.2, 0.25) is 0 Å². The summed E-state index contributed by atoms with van der Waals surface area (Å²) in [5.74, 6) is 1.47. The molecule has 6 rings (SSSR count). The van der Waals surface area contributed by atoms with Crippen LogP contribution in [0.15, 0.2) is 41.1 Å². The van der Waals surface area contributed by atoms with Gasteiger partial charge in [0.2, 0.25) is 11.8 Å².